The number of unbranched alkanes of at least 4 members (excludes halogenated alkanes) is 1. The summed E-state index contributed by atoms with van der Waals surface area (Å²) in [5.74, 6) is 0.729. The minimum atomic E-state index is -0.891. The Hall–Kier alpha value is -0.894. The van der Waals surface area contributed by atoms with Crippen LogP contribution in [0, 0.1) is 36.0 Å². The summed E-state index contributed by atoms with van der Waals surface area (Å²) < 4.78 is 5.38. The number of hydrogen-bond donors (Lipinski definition) is 2. The summed E-state index contributed by atoms with van der Waals surface area (Å²) >= 11 is 0. The van der Waals surface area contributed by atoms with Crippen LogP contribution >= 0.6 is 12.4 Å². The minimum absolute atomic E-state index is 0. The van der Waals surface area contributed by atoms with E-state index in [2.05, 4.69) is 75.7 Å². The monoisotopic (exact) mass is 604 g/mol. The molecule has 0 spiro atoms. The molecule has 0 saturated heterocycles. The summed E-state index contributed by atoms with van der Waals surface area (Å²) in [4.78, 5) is 30.3. The molecule has 4 unspecified atom stereocenters. The molecule has 0 saturated carbocycles. The molecule has 2 N–H and O–H groups in total. The zero-order valence-corrected chi connectivity index (χ0v) is 30.5. The maximum atomic E-state index is 11.3. The molecule has 0 bridgehead atoms. The fourth-order valence-corrected chi connectivity index (χ4v) is 2.49. The van der Waals surface area contributed by atoms with Gasteiger partial charge in [-0.25, -0.2) is 9.59 Å². The first kappa shape index (κ1) is 55.1. The van der Waals surface area contributed by atoms with Crippen molar-refractivity contribution in [1.82, 2.24) is 0 Å². The van der Waals surface area contributed by atoms with Gasteiger partial charge >= 0.3 is 35.0 Å². The van der Waals surface area contributed by atoms with Gasteiger partial charge in [0.15, 0.2) is 0 Å². The van der Waals surface area contributed by atoms with Crippen molar-refractivity contribution in [2.45, 2.75) is 128 Å². The molecule has 0 aromatic rings. The number of aliphatic hydroxyl groups excluding tert-OH is 1. The van der Waals surface area contributed by atoms with Gasteiger partial charge in [-0.15, -0.1) is 12.4 Å². The maximum absolute atomic E-state index is 11.3. The maximum Gasteiger partial charge on any atom is 2.00 e. The average molecular weight is 606 g/mol. The van der Waals surface area contributed by atoms with Gasteiger partial charge in [0.25, 0.3) is 0 Å². The number of allylic oxidation sites excluding steroid dienone is 2. The number of aliphatic hydroxyl groups is 1. The molecule has 0 aromatic heterocycles. The van der Waals surface area contributed by atoms with E-state index < -0.39 is 5.97 Å². The van der Waals surface area contributed by atoms with Crippen LogP contribution in [0.25, 0.3) is 0 Å². The number of ether oxygens (including phenoxy) is 1. The molecule has 238 valence electrons. The van der Waals surface area contributed by atoms with Crippen LogP contribution in [-0.2, 0) is 19.1 Å². The number of esters is 1. The second-order valence-electron chi connectivity index (χ2n) is 10.2. The molecular weight excluding hydrogens is 540 g/mol. The van der Waals surface area contributed by atoms with Gasteiger partial charge in [0, 0.05) is 18.1 Å². The van der Waals surface area contributed by atoms with Crippen molar-refractivity contribution in [2.75, 3.05) is 0 Å². The fraction of sp³-hybridized carbons (Fsp3) is 0.750. The third-order valence-corrected chi connectivity index (χ3v) is 5.32. The van der Waals surface area contributed by atoms with E-state index in [1.165, 1.54) is 18.6 Å². The van der Waals surface area contributed by atoms with Crippen molar-refractivity contribution >= 4 is 53.7 Å². The fourth-order valence-electron chi connectivity index (χ4n) is 2.49. The summed E-state index contributed by atoms with van der Waals surface area (Å²) in [6.45, 7) is 28.1. The zero-order valence-electron chi connectivity index (χ0n) is 29.3. The number of halogens is 1. The van der Waals surface area contributed by atoms with E-state index in [1.807, 2.05) is 20.8 Å². The third-order valence-electron chi connectivity index (χ3n) is 5.32. The SMILES string of the molecule is C/C=C/C(=O)O.C/C=C/C(=O)OC(C(C)C)C(C)CC.CC(C)C=O.CCC(C)C(O)C(C)C.C[CH-]CC.Cl.[H-].[Mg+2]. The number of carbonyl (C=O) groups excluding carboxylic acids is 2. The van der Waals surface area contributed by atoms with E-state index in [1.54, 1.807) is 13.0 Å². The van der Waals surface area contributed by atoms with Gasteiger partial charge in [0.05, 0.1) is 6.10 Å². The molecule has 0 radical (unpaired) electrons. The first-order valence-electron chi connectivity index (χ1n) is 14.2. The molecule has 0 fully saturated rings. The minimum Gasteiger partial charge on any atom is -1.00 e. The second-order valence-corrected chi connectivity index (χ2v) is 10.2. The Morgan fingerprint density at radius 1 is 0.850 bits per heavy atom. The molecule has 0 aliphatic carbocycles. The smallest absolute Gasteiger partial charge is 1.00 e. The van der Waals surface area contributed by atoms with Crippen molar-refractivity contribution < 1.29 is 30.8 Å². The standard InChI is InChI=1S/C12H22O2.C8H18O.C4H6O2.C4H8O.C4H9.ClH.Mg.H/c1-6-8-11(13)14-12(9(3)4)10(5)7-2;1-5-7(4)8(9)6(2)3;1-2-3-4(5)6;1-4(2)3-5;1-3-4-2;;;/h6,8-10,12H,7H2,1-5H3;6-9H,5H2,1-4H3;2-3H,1H3,(H,5,6);3-4H,1-2H3;3H,4H2,1-2H3;1H;;/q;;;;-1;;+2;-1/b8-6+;;3-2+;;;;;. The number of aliphatic carboxylic acids is 1. The van der Waals surface area contributed by atoms with Crippen molar-refractivity contribution in [3.63, 3.8) is 0 Å². The van der Waals surface area contributed by atoms with Gasteiger partial charge in [-0.2, -0.15) is 13.3 Å². The first-order chi connectivity index (χ1) is 17.6. The normalized spacial score (nSPS) is 12.8. The zero-order chi connectivity index (χ0) is 31.3. The number of rotatable bonds is 11. The van der Waals surface area contributed by atoms with Crippen molar-refractivity contribution in [3.05, 3.63) is 30.7 Å². The van der Waals surface area contributed by atoms with E-state index in [9.17, 15) is 19.5 Å². The van der Waals surface area contributed by atoms with Crippen LogP contribution in [-0.4, -0.2) is 63.7 Å². The van der Waals surface area contributed by atoms with E-state index in [0.29, 0.717) is 23.7 Å². The van der Waals surface area contributed by atoms with Gasteiger partial charge in [0.1, 0.15) is 12.4 Å². The molecule has 0 aliphatic heterocycles. The molecule has 0 aliphatic rings. The number of carbonyl (C=O) groups is 3. The van der Waals surface area contributed by atoms with E-state index in [-0.39, 0.29) is 61.0 Å². The molecule has 0 heterocycles. The molecule has 0 aromatic carbocycles. The second kappa shape index (κ2) is 40.2. The Kier molecular flexibility index (Phi) is 55.4. The topological polar surface area (TPSA) is 101 Å². The summed E-state index contributed by atoms with van der Waals surface area (Å²) in [6.07, 6.45) is 12.0. The summed E-state index contributed by atoms with van der Waals surface area (Å²) in [7, 11) is 0. The molecule has 4 atom stereocenters. The number of carboxylic acid groups (broad SMARTS) is 1. The van der Waals surface area contributed by atoms with E-state index in [0.717, 1.165) is 25.2 Å². The van der Waals surface area contributed by atoms with Gasteiger partial charge in [-0.3, -0.25) is 0 Å². The Labute approximate surface area is 272 Å². The van der Waals surface area contributed by atoms with Gasteiger partial charge in [0.2, 0.25) is 0 Å². The number of hydrogen-bond acceptors (Lipinski definition) is 5. The Balaban J connectivity index is -0.0000000587. The first-order valence-corrected chi connectivity index (χ1v) is 14.2. The number of carboxylic acids is 1. The van der Waals surface area contributed by atoms with Gasteiger partial charge < -0.3 is 27.6 Å². The summed E-state index contributed by atoms with van der Waals surface area (Å²) in [5.41, 5.74) is 0. The van der Waals surface area contributed by atoms with Gasteiger partial charge in [-0.1, -0.05) is 101 Å². The summed E-state index contributed by atoms with van der Waals surface area (Å²) in [5, 5.41) is 17.2. The van der Waals surface area contributed by atoms with Crippen LogP contribution in [0.3, 0.4) is 0 Å². The Bertz CT molecular complexity index is 597. The van der Waals surface area contributed by atoms with Crippen LogP contribution < -0.4 is 0 Å². The van der Waals surface area contributed by atoms with Crippen molar-refractivity contribution in [2.24, 2.45) is 29.6 Å². The third kappa shape index (κ3) is 46.9. The van der Waals surface area contributed by atoms with Crippen LogP contribution in [0.2, 0.25) is 0 Å². The average Bonchev–Trinajstić information content (AvgIpc) is 2.86. The Morgan fingerprint density at radius 3 is 1.38 bits per heavy atom. The van der Waals surface area contributed by atoms with E-state index in [4.69, 9.17) is 9.84 Å². The Morgan fingerprint density at radius 2 is 1.23 bits per heavy atom. The predicted molar refractivity (Wildman–Crippen MR) is 177 cm³/mol. The van der Waals surface area contributed by atoms with E-state index >= 15 is 0 Å². The predicted octanol–water partition coefficient (Wildman–Crippen LogP) is 8.49. The molecule has 40 heavy (non-hydrogen) atoms. The van der Waals surface area contributed by atoms with Crippen LogP contribution in [0.4, 0.5) is 0 Å². The quantitative estimate of drug-likeness (QED) is 0.0805. The van der Waals surface area contributed by atoms with Crippen molar-refractivity contribution in [1.29, 1.82) is 0 Å². The molecule has 6 nitrogen and oxygen atoms in total. The van der Waals surface area contributed by atoms with Gasteiger partial charge in [-0.05, 0) is 37.5 Å². The van der Waals surface area contributed by atoms with Crippen LogP contribution in [0.1, 0.15) is 118 Å². The van der Waals surface area contributed by atoms with Crippen LogP contribution in [0.5, 0.6) is 0 Å². The largest absolute Gasteiger partial charge is 2.00 e. The number of aldehydes is 1. The van der Waals surface area contributed by atoms with Crippen LogP contribution in [0.15, 0.2) is 24.3 Å². The van der Waals surface area contributed by atoms with Crippen molar-refractivity contribution in [3.8, 4) is 0 Å². The molecular formula is C32H65ClMgO6. The summed E-state index contributed by atoms with van der Waals surface area (Å²) in [6, 6.07) is 0. The molecule has 8 heteroatoms. The molecule has 0 amide bonds. The molecule has 0 rings (SSSR count).